The number of hydrogen-bond donors (Lipinski definition) is 2. The lowest BCUT2D eigenvalue weighted by atomic mass is 10.1. The van der Waals surface area contributed by atoms with Crippen molar-refractivity contribution in [2.45, 2.75) is 19.8 Å². The number of benzene rings is 1. The minimum atomic E-state index is -0.844. The van der Waals surface area contributed by atoms with Crippen LogP contribution in [0.1, 0.15) is 28.2 Å². The molecule has 2 N–H and O–H groups in total. The molecule has 1 aliphatic rings. The highest BCUT2D eigenvalue weighted by atomic mass is 35.5. The standard InChI is InChI=1S/C18H16ClN3O3S/c1-10-13-8-14(15(23)20-9-18(6-7-18)17(24)25)26-16(13)22(21-10)12-4-2-11(19)3-5-12/h2-5,8H,6-7,9H2,1H3,(H,20,23)(H,24,25). The number of carbonyl (C=O) groups is 2. The molecule has 0 radical (unpaired) electrons. The first-order valence-electron chi connectivity index (χ1n) is 8.16. The van der Waals surface area contributed by atoms with Crippen molar-refractivity contribution in [3.05, 3.63) is 45.9 Å². The van der Waals surface area contributed by atoms with Gasteiger partial charge in [-0.25, -0.2) is 4.68 Å². The molecule has 0 saturated heterocycles. The van der Waals surface area contributed by atoms with E-state index < -0.39 is 11.4 Å². The SMILES string of the molecule is Cc1nn(-c2ccc(Cl)cc2)c2sc(C(=O)NCC3(C(=O)O)CC3)cc12. The zero-order valence-corrected chi connectivity index (χ0v) is 15.5. The highest BCUT2D eigenvalue weighted by Crippen LogP contribution is 2.45. The smallest absolute Gasteiger partial charge is 0.311 e. The Morgan fingerprint density at radius 2 is 2.04 bits per heavy atom. The third kappa shape index (κ3) is 2.87. The molecule has 1 fully saturated rings. The minimum absolute atomic E-state index is 0.164. The van der Waals surface area contributed by atoms with Crippen molar-refractivity contribution in [2.75, 3.05) is 6.54 Å². The van der Waals surface area contributed by atoms with Gasteiger partial charge < -0.3 is 10.4 Å². The highest BCUT2D eigenvalue weighted by Gasteiger charge is 2.50. The summed E-state index contributed by atoms with van der Waals surface area (Å²) in [6.45, 7) is 2.06. The molecule has 8 heteroatoms. The Morgan fingerprint density at radius 1 is 1.35 bits per heavy atom. The average Bonchev–Trinajstić information content (AvgIpc) is 3.19. The molecule has 0 atom stereocenters. The monoisotopic (exact) mass is 389 g/mol. The van der Waals surface area contributed by atoms with E-state index in [4.69, 9.17) is 11.6 Å². The van der Waals surface area contributed by atoms with E-state index in [9.17, 15) is 14.7 Å². The van der Waals surface area contributed by atoms with E-state index in [1.165, 1.54) is 11.3 Å². The van der Waals surface area contributed by atoms with Crippen LogP contribution in [0, 0.1) is 12.3 Å². The predicted molar refractivity (Wildman–Crippen MR) is 100 cm³/mol. The van der Waals surface area contributed by atoms with E-state index in [1.54, 1.807) is 16.8 Å². The Labute approximate surface area is 158 Å². The Morgan fingerprint density at radius 3 is 2.65 bits per heavy atom. The van der Waals surface area contributed by atoms with E-state index in [1.807, 2.05) is 25.1 Å². The van der Waals surface area contributed by atoms with E-state index in [0.29, 0.717) is 22.7 Å². The lowest BCUT2D eigenvalue weighted by Gasteiger charge is -2.10. The van der Waals surface area contributed by atoms with Gasteiger partial charge in [0.15, 0.2) is 0 Å². The summed E-state index contributed by atoms with van der Waals surface area (Å²) in [4.78, 5) is 25.1. The zero-order valence-electron chi connectivity index (χ0n) is 14.0. The Hall–Kier alpha value is -2.38. The quantitative estimate of drug-likeness (QED) is 0.697. The number of fused-ring (bicyclic) bond motifs is 1. The van der Waals surface area contributed by atoms with Crippen LogP contribution in [0.5, 0.6) is 0 Å². The zero-order chi connectivity index (χ0) is 18.5. The number of thiophene rings is 1. The van der Waals surface area contributed by atoms with Crippen LogP contribution in [0.2, 0.25) is 5.02 Å². The Bertz CT molecular complexity index is 1020. The maximum absolute atomic E-state index is 12.5. The maximum atomic E-state index is 12.5. The van der Waals surface area contributed by atoms with Crippen molar-refractivity contribution in [3.63, 3.8) is 0 Å². The van der Waals surface area contributed by atoms with Crippen LogP contribution in [0.15, 0.2) is 30.3 Å². The number of rotatable bonds is 5. The summed E-state index contributed by atoms with van der Waals surface area (Å²) in [6, 6.07) is 9.14. The molecular formula is C18H16ClN3O3S. The molecule has 3 aromatic rings. The maximum Gasteiger partial charge on any atom is 0.311 e. The number of amides is 1. The fourth-order valence-electron chi connectivity index (χ4n) is 2.87. The topological polar surface area (TPSA) is 84.2 Å². The molecular weight excluding hydrogens is 374 g/mol. The molecule has 1 amide bonds. The first-order valence-corrected chi connectivity index (χ1v) is 9.36. The number of nitrogens with zero attached hydrogens (tertiary/aromatic N) is 2. The molecule has 0 bridgehead atoms. The fourth-order valence-corrected chi connectivity index (χ4v) is 4.10. The van der Waals surface area contributed by atoms with E-state index >= 15 is 0 Å². The van der Waals surface area contributed by atoms with Gasteiger partial charge in [0.05, 0.1) is 21.7 Å². The number of carboxylic acid groups (broad SMARTS) is 1. The van der Waals surface area contributed by atoms with Crippen LogP contribution >= 0.6 is 22.9 Å². The fraction of sp³-hybridized carbons (Fsp3) is 0.278. The summed E-state index contributed by atoms with van der Waals surface area (Å²) in [5.74, 6) is -1.09. The first-order chi connectivity index (χ1) is 12.4. The van der Waals surface area contributed by atoms with Crippen LogP contribution in [0.3, 0.4) is 0 Å². The number of aliphatic carboxylic acids is 1. The second-order valence-electron chi connectivity index (χ2n) is 6.57. The van der Waals surface area contributed by atoms with Gasteiger partial charge in [-0.1, -0.05) is 11.6 Å². The number of carboxylic acids is 1. The lowest BCUT2D eigenvalue weighted by Crippen LogP contribution is -2.33. The molecule has 2 aromatic heterocycles. The van der Waals surface area contributed by atoms with E-state index in [2.05, 4.69) is 10.4 Å². The summed E-state index contributed by atoms with van der Waals surface area (Å²) in [7, 11) is 0. The minimum Gasteiger partial charge on any atom is -0.481 e. The van der Waals surface area contributed by atoms with Gasteiger partial charge in [-0.2, -0.15) is 5.10 Å². The van der Waals surface area contributed by atoms with Crippen LogP contribution in [0.25, 0.3) is 15.9 Å². The van der Waals surface area contributed by atoms with Crippen molar-refractivity contribution >= 4 is 45.0 Å². The van der Waals surface area contributed by atoms with Crippen molar-refractivity contribution in [3.8, 4) is 5.69 Å². The summed E-state index contributed by atoms with van der Waals surface area (Å²) in [5, 5.41) is 18.1. The van der Waals surface area contributed by atoms with E-state index in [-0.39, 0.29) is 12.5 Å². The molecule has 0 unspecified atom stereocenters. The molecule has 1 saturated carbocycles. The van der Waals surface area contributed by atoms with Crippen molar-refractivity contribution < 1.29 is 14.7 Å². The molecule has 26 heavy (non-hydrogen) atoms. The molecule has 0 aliphatic heterocycles. The highest BCUT2D eigenvalue weighted by molar-refractivity contribution is 7.20. The van der Waals surface area contributed by atoms with E-state index in [0.717, 1.165) is 21.6 Å². The second-order valence-corrected chi connectivity index (χ2v) is 8.04. The number of aryl methyl sites for hydroxylation is 1. The Kier molecular flexibility index (Phi) is 4.00. The van der Waals surface area contributed by atoms with Crippen molar-refractivity contribution in [2.24, 2.45) is 5.41 Å². The van der Waals surface area contributed by atoms with Gasteiger partial charge >= 0.3 is 5.97 Å². The summed E-state index contributed by atoms with van der Waals surface area (Å²) in [6.07, 6.45) is 1.22. The van der Waals surface area contributed by atoms with Crippen LogP contribution in [-0.2, 0) is 4.79 Å². The summed E-state index contributed by atoms with van der Waals surface area (Å²) >= 11 is 7.28. The Balaban J connectivity index is 1.61. The average molecular weight is 390 g/mol. The number of hydrogen-bond acceptors (Lipinski definition) is 4. The number of halogens is 1. The first kappa shape index (κ1) is 17.1. The van der Waals surface area contributed by atoms with Gasteiger partial charge in [0, 0.05) is 17.0 Å². The molecule has 1 aromatic carbocycles. The van der Waals surface area contributed by atoms with Gasteiger partial charge in [-0.05, 0) is 50.1 Å². The van der Waals surface area contributed by atoms with Gasteiger partial charge in [0.25, 0.3) is 5.91 Å². The van der Waals surface area contributed by atoms with Crippen LogP contribution in [0.4, 0.5) is 0 Å². The van der Waals surface area contributed by atoms with Gasteiger partial charge in [-0.3, -0.25) is 9.59 Å². The second kappa shape index (κ2) is 6.10. The number of nitrogens with one attached hydrogen (secondary N) is 1. The van der Waals surface area contributed by atoms with Gasteiger partial charge in [0.1, 0.15) is 4.83 Å². The molecule has 1 aliphatic carbocycles. The normalized spacial score (nSPS) is 15.2. The molecule has 2 heterocycles. The summed E-state index contributed by atoms with van der Waals surface area (Å²) in [5.41, 5.74) is 0.918. The number of carbonyl (C=O) groups excluding carboxylic acids is 1. The van der Waals surface area contributed by atoms with Gasteiger partial charge in [-0.15, -0.1) is 11.3 Å². The third-order valence-corrected chi connectivity index (χ3v) is 6.10. The largest absolute Gasteiger partial charge is 0.481 e. The van der Waals surface area contributed by atoms with Crippen LogP contribution < -0.4 is 5.32 Å². The lowest BCUT2D eigenvalue weighted by molar-refractivity contribution is -0.143. The predicted octanol–water partition coefficient (Wildman–Crippen LogP) is 3.64. The summed E-state index contributed by atoms with van der Waals surface area (Å²) < 4.78 is 1.79. The van der Waals surface area contributed by atoms with Gasteiger partial charge in [0.2, 0.25) is 0 Å². The van der Waals surface area contributed by atoms with Crippen LogP contribution in [-0.4, -0.2) is 33.3 Å². The molecule has 6 nitrogen and oxygen atoms in total. The third-order valence-electron chi connectivity index (χ3n) is 4.73. The number of aromatic nitrogens is 2. The molecule has 4 rings (SSSR count). The van der Waals surface area contributed by atoms with Crippen molar-refractivity contribution in [1.82, 2.24) is 15.1 Å². The molecule has 0 spiro atoms. The van der Waals surface area contributed by atoms with Crippen molar-refractivity contribution in [1.29, 1.82) is 0 Å². The molecule has 134 valence electrons.